The smallest absolute Gasteiger partial charge is 0.346 e. The van der Waals surface area contributed by atoms with Gasteiger partial charge in [-0.1, -0.05) is 30.3 Å². The molecule has 0 saturated carbocycles. The number of rotatable bonds is 8. The number of carbonyl (C=O) groups is 1. The van der Waals surface area contributed by atoms with Gasteiger partial charge in [0.15, 0.2) is 0 Å². The third kappa shape index (κ3) is 6.25. The van der Waals surface area contributed by atoms with Crippen molar-refractivity contribution in [3.63, 3.8) is 0 Å². The first kappa shape index (κ1) is 17.6. The van der Waals surface area contributed by atoms with Crippen LogP contribution in [0.25, 0.3) is 0 Å². The fraction of sp³-hybridized carbons (Fsp3) is 0.400. The van der Waals surface area contributed by atoms with E-state index >= 15 is 0 Å². The molecule has 0 bridgehead atoms. The number of benzene rings is 1. The topological polar surface area (TPSA) is 64.6 Å². The van der Waals surface area contributed by atoms with Crippen LogP contribution in [0.4, 0.5) is 0 Å². The van der Waals surface area contributed by atoms with E-state index < -0.39 is 7.60 Å². The number of hydrogen-bond acceptors (Lipinski definition) is 4. The van der Waals surface area contributed by atoms with Crippen molar-refractivity contribution >= 4 is 13.5 Å². The Bertz CT molecular complexity index is 506. The van der Waals surface area contributed by atoms with Crippen LogP contribution in [-0.4, -0.2) is 19.1 Å². The summed E-state index contributed by atoms with van der Waals surface area (Å²) in [5.74, 6) is 1.24. The summed E-state index contributed by atoms with van der Waals surface area (Å²) < 4.78 is 22.8. The van der Waals surface area contributed by atoms with Gasteiger partial charge in [-0.05, 0) is 25.5 Å². The fourth-order valence-electron chi connectivity index (χ4n) is 1.80. The van der Waals surface area contributed by atoms with Gasteiger partial charge in [-0.3, -0.25) is 9.36 Å². The molecule has 6 heteroatoms. The summed E-state index contributed by atoms with van der Waals surface area (Å²) in [6, 6.07) is 9.04. The van der Waals surface area contributed by atoms with Crippen molar-refractivity contribution < 1.29 is 18.4 Å². The summed E-state index contributed by atoms with van der Waals surface area (Å²) in [6.07, 6.45) is 1.64. The van der Waals surface area contributed by atoms with E-state index in [-0.39, 0.29) is 25.2 Å². The van der Waals surface area contributed by atoms with Crippen LogP contribution in [0.15, 0.2) is 42.2 Å². The molecule has 116 valence electrons. The molecular weight excluding hydrogens is 289 g/mol. The van der Waals surface area contributed by atoms with Gasteiger partial charge in [0.1, 0.15) is 0 Å². The lowest BCUT2D eigenvalue weighted by Crippen LogP contribution is -2.24. The molecule has 1 aromatic carbocycles. The monoisotopic (exact) mass is 311 g/mol. The zero-order chi connectivity index (χ0) is 15.7. The average molecular weight is 311 g/mol. The van der Waals surface area contributed by atoms with Crippen LogP contribution in [0.3, 0.4) is 0 Å². The second kappa shape index (κ2) is 8.78. The Morgan fingerprint density at radius 1 is 1.24 bits per heavy atom. The van der Waals surface area contributed by atoms with E-state index in [1.807, 2.05) is 30.3 Å². The van der Waals surface area contributed by atoms with Gasteiger partial charge < -0.3 is 14.4 Å². The predicted octanol–water partition coefficient (Wildman–Crippen LogP) is 3.64. The summed E-state index contributed by atoms with van der Waals surface area (Å²) in [5.41, 5.74) is 0.892. The maximum atomic E-state index is 12.4. The second-order valence-electron chi connectivity index (χ2n) is 4.31. The third-order valence-corrected chi connectivity index (χ3v) is 4.37. The van der Waals surface area contributed by atoms with E-state index in [4.69, 9.17) is 9.05 Å². The molecular formula is C15H22NO4P. The van der Waals surface area contributed by atoms with Crippen molar-refractivity contribution in [2.75, 3.05) is 13.2 Å². The molecule has 1 atom stereocenters. The first-order chi connectivity index (χ1) is 10.0. The van der Waals surface area contributed by atoms with Crippen LogP contribution < -0.4 is 5.32 Å². The van der Waals surface area contributed by atoms with Crippen molar-refractivity contribution in [2.45, 2.75) is 26.8 Å². The van der Waals surface area contributed by atoms with E-state index in [1.54, 1.807) is 19.9 Å². The van der Waals surface area contributed by atoms with Crippen molar-refractivity contribution in [2.24, 2.45) is 0 Å². The van der Waals surface area contributed by atoms with Gasteiger partial charge in [0.2, 0.25) is 5.91 Å². The molecule has 0 aliphatic rings. The molecule has 5 nitrogen and oxygen atoms in total. The molecule has 0 saturated heterocycles. The van der Waals surface area contributed by atoms with Crippen LogP contribution in [0, 0.1) is 0 Å². The lowest BCUT2D eigenvalue weighted by atomic mass is 10.1. The van der Waals surface area contributed by atoms with Crippen molar-refractivity contribution in [1.82, 2.24) is 5.32 Å². The third-order valence-electron chi connectivity index (χ3n) is 2.60. The minimum Gasteiger partial charge on any atom is -0.346 e. The standard InChI is InChI=1S/C15H22NO4P/c1-4-19-21(18,20-5-2)12-11-15(16-13(3)17)14-9-7-6-8-10-14/h6-12,15H,4-5H2,1-3H3,(H,16,17)/b12-11+. The Morgan fingerprint density at radius 3 is 2.29 bits per heavy atom. The Hall–Kier alpha value is -1.42. The summed E-state index contributed by atoms with van der Waals surface area (Å²) in [7, 11) is -3.27. The summed E-state index contributed by atoms with van der Waals surface area (Å²) in [5, 5.41) is 2.80. The summed E-state index contributed by atoms with van der Waals surface area (Å²) in [4.78, 5) is 11.3. The molecule has 1 N–H and O–H groups in total. The molecule has 0 radical (unpaired) electrons. The van der Waals surface area contributed by atoms with Crippen molar-refractivity contribution in [3.8, 4) is 0 Å². The summed E-state index contributed by atoms with van der Waals surface area (Å²) >= 11 is 0. The highest BCUT2D eigenvalue weighted by molar-refractivity contribution is 7.57. The molecule has 1 unspecified atom stereocenters. The predicted molar refractivity (Wildman–Crippen MR) is 83.0 cm³/mol. The maximum Gasteiger partial charge on any atom is 0.353 e. The van der Waals surface area contributed by atoms with Crippen molar-refractivity contribution in [1.29, 1.82) is 0 Å². The van der Waals surface area contributed by atoms with Gasteiger partial charge in [0.05, 0.1) is 19.3 Å². The highest BCUT2D eigenvalue weighted by Gasteiger charge is 2.20. The van der Waals surface area contributed by atoms with E-state index in [2.05, 4.69) is 5.32 Å². The van der Waals surface area contributed by atoms with E-state index in [0.29, 0.717) is 0 Å². The molecule has 1 aromatic rings. The maximum absolute atomic E-state index is 12.4. The molecule has 1 rings (SSSR count). The summed E-state index contributed by atoms with van der Waals surface area (Å²) in [6.45, 7) is 5.52. The highest BCUT2D eigenvalue weighted by Crippen LogP contribution is 2.50. The number of amides is 1. The number of nitrogens with one attached hydrogen (secondary N) is 1. The normalized spacial score (nSPS) is 13.3. The number of carbonyl (C=O) groups excluding carboxylic acids is 1. The fourth-order valence-corrected chi connectivity index (χ4v) is 3.15. The van der Waals surface area contributed by atoms with Crippen LogP contribution in [0.5, 0.6) is 0 Å². The zero-order valence-electron chi connectivity index (χ0n) is 12.6. The molecule has 0 aromatic heterocycles. The molecule has 1 amide bonds. The van der Waals surface area contributed by atoms with Gasteiger partial charge in [0, 0.05) is 12.7 Å². The Morgan fingerprint density at radius 2 is 1.81 bits per heavy atom. The average Bonchev–Trinajstić information content (AvgIpc) is 2.44. The SMILES string of the molecule is CCOP(=O)(/C=C/C(NC(C)=O)c1ccccc1)OCC. The molecule has 0 aliphatic heterocycles. The minimum absolute atomic E-state index is 0.170. The van der Waals surface area contributed by atoms with E-state index in [1.165, 1.54) is 12.7 Å². The lowest BCUT2D eigenvalue weighted by molar-refractivity contribution is -0.119. The van der Waals surface area contributed by atoms with Crippen LogP contribution in [0.2, 0.25) is 0 Å². The largest absolute Gasteiger partial charge is 0.353 e. The molecule has 0 heterocycles. The van der Waals surface area contributed by atoms with Crippen LogP contribution in [0.1, 0.15) is 32.4 Å². The second-order valence-corrected chi connectivity index (χ2v) is 6.20. The first-order valence-corrected chi connectivity index (χ1v) is 8.52. The lowest BCUT2D eigenvalue weighted by Gasteiger charge is -2.17. The Balaban J connectivity index is 2.97. The molecule has 21 heavy (non-hydrogen) atoms. The Labute approximate surface area is 125 Å². The number of hydrogen-bond donors (Lipinski definition) is 1. The molecule has 0 spiro atoms. The molecule has 0 fully saturated rings. The Kier molecular flexibility index (Phi) is 7.37. The van der Waals surface area contributed by atoms with Gasteiger partial charge >= 0.3 is 7.60 Å². The zero-order valence-corrected chi connectivity index (χ0v) is 13.5. The van der Waals surface area contributed by atoms with Crippen molar-refractivity contribution in [3.05, 3.63) is 47.8 Å². The van der Waals surface area contributed by atoms with Gasteiger partial charge in [-0.15, -0.1) is 0 Å². The quantitative estimate of drug-likeness (QED) is 0.744. The van der Waals surface area contributed by atoms with Crippen LogP contribution >= 0.6 is 7.60 Å². The van der Waals surface area contributed by atoms with E-state index in [9.17, 15) is 9.36 Å². The van der Waals surface area contributed by atoms with Crippen LogP contribution in [-0.2, 0) is 18.4 Å². The highest BCUT2D eigenvalue weighted by atomic mass is 31.2. The minimum atomic E-state index is -3.27. The van der Waals surface area contributed by atoms with Gasteiger partial charge in [-0.25, -0.2) is 0 Å². The van der Waals surface area contributed by atoms with E-state index in [0.717, 1.165) is 5.56 Å². The van der Waals surface area contributed by atoms with Gasteiger partial charge in [-0.2, -0.15) is 0 Å². The van der Waals surface area contributed by atoms with Gasteiger partial charge in [0.25, 0.3) is 0 Å². The first-order valence-electron chi connectivity index (χ1n) is 6.91. The molecule has 0 aliphatic carbocycles.